The van der Waals surface area contributed by atoms with Gasteiger partial charge in [-0.1, -0.05) is 11.6 Å². The van der Waals surface area contributed by atoms with Crippen molar-refractivity contribution < 1.29 is 13.2 Å². The number of likely N-dealkylation sites (N-methyl/N-ethyl adjacent to an activating group) is 1. The summed E-state index contributed by atoms with van der Waals surface area (Å²) in [5, 5.41) is 3.21. The van der Waals surface area contributed by atoms with Crippen LogP contribution in [0.5, 0.6) is 0 Å². The lowest BCUT2D eigenvalue weighted by Gasteiger charge is -2.26. The van der Waals surface area contributed by atoms with E-state index in [-0.39, 0.29) is 11.1 Å². The summed E-state index contributed by atoms with van der Waals surface area (Å²) in [4.78, 5) is 5.66. The van der Waals surface area contributed by atoms with Gasteiger partial charge in [-0.3, -0.25) is 0 Å². The fraction of sp³-hybridized carbons (Fsp3) is 0.545. The van der Waals surface area contributed by atoms with Gasteiger partial charge in [0.25, 0.3) is 0 Å². The van der Waals surface area contributed by atoms with Crippen molar-refractivity contribution in [1.29, 1.82) is 0 Å². The SMILES string of the molecule is CN(c1ncc(C(F)(F)F)cc1Cl)C1CCNC1. The predicted octanol–water partition coefficient (Wildman–Crippen LogP) is 2.55. The average Bonchev–Trinajstić information content (AvgIpc) is 2.80. The number of pyridine rings is 1. The quantitative estimate of drug-likeness (QED) is 0.902. The molecular formula is C11H13ClF3N3. The van der Waals surface area contributed by atoms with Crippen molar-refractivity contribution in [1.82, 2.24) is 10.3 Å². The number of aromatic nitrogens is 1. The van der Waals surface area contributed by atoms with Crippen LogP contribution in [-0.2, 0) is 6.18 Å². The zero-order valence-electron chi connectivity index (χ0n) is 9.76. The van der Waals surface area contributed by atoms with Crippen LogP contribution in [-0.4, -0.2) is 31.2 Å². The molecule has 1 N–H and O–H groups in total. The van der Waals surface area contributed by atoms with Gasteiger partial charge < -0.3 is 10.2 Å². The Morgan fingerprint density at radius 1 is 1.50 bits per heavy atom. The van der Waals surface area contributed by atoms with Crippen molar-refractivity contribution in [3.63, 3.8) is 0 Å². The molecule has 0 saturated carbocycles. The van der Waals surface area contributed by atoms with Crippen molar-refractivity contribution in [2.75, 3.05) is 25.0 Å². The summed E-state index contributed by atoms with van der Waals surface area (Å²) < 4.78 is 37.4. The second-order valence-electron chi connectivity index (χ2n) is 4.28. The lowest BCUT2D eigenvalue weighted by molar-refractivity contribution is -0.137. The first kappa shape index (κ1) is 13.4. The smallest absolute Gasteiger partial charge is 0.354 e. The molecule has 0 spiro atoms. The first-order chi connectivity index (χ1) is 8.39. The maximum Gasteiger partial charge on any atom is 0.417 e. The molecule has 1 aliphatic heterocycles. The molecule has 0 aromatic carbocycles. The van der Waals surface area contributed by atoms with Crippen LogP contribution in [0.25, 0.3) is 0 Å². The topological polar surface area (TPSA) is 28.2 Å². The lowest BCUT2D eigenvalue weighted by Crippen LogP contribution is -2.34. The van der Waals surface area contributed by atoms with E-state index in [1.165, 1.54) is 0 Å². The van der Waals surface area contributed by atoms with Gasteiger partial charge >= 0.3 is 6.18 Å². The highest BCUT2D eigenvalue weighted by Crippen LogP contribution is 2.33. The number of hydrogen-bond acceptors (Lipinski definition) is 3. The Labute approximate surface area is 108 Å². The van der Waals surface area contributed by atoms with E-state index >= 15 is 0 Å². The molecule has 1 atom stereocenters. The molecule has 0 radical (unpaired) electrons. The summed E-state index contributed by atoms with van der Waals surface area (Å²) >= 11 is 5.88. The normalized spacial score (nSPS) is 20.2. The van der Waals surface area contributed by atoms with E-state index in [1.807, 2.05) is 4.90 Å². The first-order valence-electron chi connectivity index (χ1n) is 5.56. The maximum absolute atomic E-state index is 12.5. The summed E-state index contributed by atoms with van der Waals surface area (Å²) in [6.07, 6.45) is -2.67. The molecule has 1 aliphatic rings. The molecule has 1 saturated heterocycles. The molecule has 2 rings (SSSR count). The number of anilines is 1. The average molecular weight is 280 g/mol. The second-order valence-corrected chi connectivity index (χ2v) is 4.69. The number of rotatable bonds is 2. The minimum Gasteiger partial charge on any atom is -0.354 e. The standard InChI is InChI=1S/C11H13ClF3N3/c1-18(8-2-3-16-6-8)10-9(12)4-7(5-17-10)11(13,14)15/h4-5,8,16H,2-3,6H2,1H3. The predicted molar refractivity (Wildman–Crippen MR) is 63.9 cm³/mol. The van der Waals surface area contributed by atoms with Gasteiger partial charge in [-0.05, 0) is 19.0 Å². The van der Waals surface area contributed by atoms with Crippen molar-refractivity contribution in [2.45, 2.75) is 18.6 Å². The Morgan fingerprint density at radius 2 is 2.22 bits per heavy atom. The van der Waals surface area contributed by atoms with Crippen LogP contribution in [0.3, 0.4) is 0 Å². The van der Waals surface area contributed by atoms with E-state index in [1.54, 1.807) is 7.05 Å². The van der Waals surface area contributed by atoms with Gasteiger partial charge in [0.1, 0.15) is 5.82 Å². The fourth-order valence-electron chi connectivity index (χ4n) is 1.99. The third-order valence-electron chi connectivity index (χ3n) is 3.07. The maximum atomic E-state index is 12.5. The Hall–Kier alpha value is -1.01. The van der Waals surface area contributed by atoms with E-state index in [0.29, 0.717) is 5.82 Å². The minimum absolute atomic E-state index is 0.0271. The van der Waals surface area contributed by atoms with Gasteiger partial charge in [-0.15, -0.1) is 0 Å². The van der Waals surface area contributed by atoms with Crippen LogP contribution in [0.2, 0.25) is 5.02 Å². The highest BCUT2D eigenvalue weighted by molar-refractivity contribution is 6.33. The number of hydrogen-bond donors (Lipinski definition) is 1. The second kappa shape index (κ2) is 4.93. The molecule has 0 bridgehead atoms. The highest BCUT2D eigenvalue weighted by atomic mass is 35.5. The number of nitrogens with zero attached hydrogens (tertiary/aromatic N) is 2. The van der Waals surface area contributed by atoms with Gasteiger partial charge in [0, 0.05) is 25.8 Å². The van der Waals surface area contributed by atoms with E-state index < -0.39 is 11.7 Å². The molecule has 0 amide bonds. The van der Waals surface area contributed by atoms with Crippen LogP contribution in [0.15, 0.2) is 12.3 Å². The van der Waals surface area contributed by atoms with Crippen LogP contribution < -0.4 is 10.2 Å². The van der Waals surface area contributed by atoms with Crippen LogP contribution in [0.1, 0.15) is 12.0 Å². The van der Waals surface area contributed by atoms with E-state index in [0.717, 1.165) is 31.8 Å². The molecular weight excluding hydrogens is 267 g/mol. The summed E-state index contributed by atoms with van der Waals surface area (Å²) in [6, 6.07) is 1.13. The van der Waals surface area contributed by atoms with Crippen molar-refractivity contribution in [3.8, 4) is 0 Å². The van der Waals surface area contributed by atoms with Crippen LogP contribution in [0, 0.1) is 0 Å². The molecule has 1 unspecified atom stereocenters. The van der Waals surface area contributed by atoms with Gasteiger partial charge in [-0.2, -0.15) is 13.2 Å². The van der Waals surface area contributed by atoms with Gasteiger partial charge in [0.2, 0.25) is 0 Å². The third kappa shape index (κ3) is 2.70. The molecule has 0 aliphatic carbocycles. The largest absolute Gasteiger partial charge is 0.417 e. The van der Waals surface area contributed by atoms with Gasteiger partial charge in [0.15, 0.2) is 0 Å². The van der Waals surface area contributed by atoms with Crippen LogP contribution >= 0.6 is 11.6 Å². The first-order valence-corrected chi connectivity index (χ1v) is 5.93. The number of halogens is 4. The summed E-state index contributed by atoms with van der Waals surface area (Å²) in [7, 11) is 1.79. The van der Waals surface area contributed by atoms with Crippen molar-refractivity contribution in [2.24, 2.45) is 0 Å². The summed E-state index contributed by atoms with van der Waals surface area (Å²) in [5.41, 5.74) is -0.825. The van der Waals surface area contributed by atoms with E-state index in [4.69, 9.17) is 11.6 Å². The molecule has 1 fully saturated rings. The molecule has 1 aromatic rings. The minimum atomic E-state index is -4.41. The van der Waals surface area contributed by atoms with Gasteiger partial charge in [-0.25, -0.2) is 4.98 Å². The summed E-state index contributed by atoms with van der Waals surface area (Å²) in [6.45, 7) is 1.68. The van der Waals surface area contributed by atoms with Crippen molar-refractivity contribution >= 4 is 17.4 Å². The fourth-order valence-corrected chi connectivity index (χ4v) is 2.29. The molecule has 18 heavy (non-hydrogen) atoms. The molecule has 1 aromatic heterocycles. The zero-order chi connectivity index (χ0) is 13.3. The summed E-state index contributed by atoms with van der Waals surface area (Å²) in [5.74, 6) is 0.387. The number of alkyl halides is 3. The monoisotopic (exact) mass is 279 g/mol. The van der Waals surface area contributed by atoms with E-state index in [9.17, 15) is 13.2 Å². The molecule has 100 valence electrons. The van der Waals surface area contributed by atoms with Crippen molar-refractivity contribution in [3.05, 3.63) is 22.8 Å². The zero-order valence-corrected chi connectivity index (χ0v) is 10.5. The molecule has 2 heterocycles. The van der Waals surface area contributed by atoms with Gasteiger partial charge in [0.05, 0.1) is 10.6 Å². The molecule has 3 nitrogen and oxygen atoms in total. The highest BCUT2D eigenvalue weighted by Gasteiger charge is 2.32. The number of nitrogens with one attached hydrogen (secondary N) is 1. The lowest BCUT2D eigenvalue weighted by atomic mass is 10.2. The Kier molecular flexibility index (Phi) is 3.68. The third-order valence-corrected chi connectivity index (χ3v) is 3.34. The molecule has 7 heteroatoms. The van der Waals surface area contributed by atoms with Crippen LogP contribution in [0.4, 0.5) is 19.0 Å². The Bertz CT molecular complexity index is 430. The Morgan fingerprint density at radius 3 is 2.72 bits per heavy atom. The van der Waals surface area contributed by atoms with E-state index in [2.05, 4.69) is 10.3 Å². The Balaban J connectivity index is 2.24.